The zero-order valence-electron chi connectivity index (χ0n) is 7.96. The third-order valence-corrected chi connectivity index (χ3v) is 3.62. The molecule has 1 atom stereocenters. The van der Waals surface area contributed by atoms with Crippen molar-refractivity contribution < 1.29 is 4.74 Å². The minimum Gasteiger partial charge on any atom is -0.381 e. The van der Waals surface area contributed by atoms with Crippen LogP contribution in [0.4, 0.5) is 0 Å². The Hall–Kier alpha value is -0.0900. The monoisotopic (exact) mass is 231 g/mol. The van der Waals surface area contributed by atoms with E-state index in [4.69, 9.17) is 16.3 Å². The van der Waals surface area contributed by atoms with Crippen molar-refractivity contribution in [2.24, 2.45) is 5.92 Å². The maximum Gasteiger partial charge on any atom is 0.0931 e. The van der Waals surface area contributed by atoms with Gasteiger partial charge in [0.05, 0.1) is 10.9 Å². The van der Waals surface area contributed by atoms with Crippen molar-refractivity contribution in [1.82, 2.24) is 5.32 Å². The van der Waals surface area contributed by atoms with E-state index in [2.05, 4.69) is 11.4 Å². The number of thiophene rings is 1. The summed E-state index contributed by atoms with van der Waals surface area (Å²) >= 11 is 7.48. The molecule has 1 N–H and O–H groups in total. The molecule has 0 aliphatic carbocycles. The first-order chi connectivity index (χ1) is 6.84. The Morgan fingerprint density at radius 2 is 2.50 bits per heavy atom. The average molecular weight is 232 g/mol. The molecule has 1 aromatic rings. The molecule has 1 aliphatic rings. The lowest BCUT2D eigenvalue weighted by molar-refractivity contribution is 0.185. The van der Waals surface area contributed by atoms with Gasteiger partial charge in [-0.3, -0.25) is 0 Å². The molecular formula is C10H14ClNOS. The van der Waals surface area contributed by atoms with Gasteiger partial charge in [0.2, 0.25) is 0 Å². The third kappa shape index (κ3) is 2.95. The summed E-state index contributed by atoms with van der Waals surface area (Å²) in [5.41, 5.74) is 0. The fourth-order valence-electron chi connectivity index (χ4n) is 1.59. The first-order valence-electron chi connectivity index (χ1n) is 4.87. The Kier molecular flexibility index (Phi) is 3.81. The molecule has 2 rings (SSSR count). The van der Waals surface area contributed by atoms with E-state index in [-0.39, 0.29) is 0 Å². The van der Waals surface area contributed by atoms with E-state index in [9.17, 15) is 0 Å². The molecule has 0 saturated carbocycles. The summed E-state index contributed by atoms with van der Waals surface area (Å²) < 4.78 is 6.17. The third-order valence-electron chi connectivity index (χ3n) is 2.39. The molecule has 4 heteroatoms. The lowest BCUT2D eigenvalue weighted by Gasteiger charge is -2.07. The van der Waals surface area contributed by atoms with Crippen molar-refractivity contribution in [2.75, 3.05) is 19.8 Å². The Balaban J connectivity index is 1.67. The summed E-state index contributed by atoms with van der Waals surface area (Å²) in [4.78, 5) is 1.30. The van der Waals surface area contributed by atoms with Crippen LogP contribution in [0.5, 0.6) is 0 Å². The summed E-state index contributed by atoms with van der Waals surface area (Å²) in [5, 5.41) is 3.43. The highest BCUT2D eigenvalue weighted by Gasteiger charge is 2.14. The molecule has 0 aromatic carbocycles. The maximum absolute atomic E-state index is 5.84. The molecule has 2 heterocycles. The minimum absolute atomic E-state index is 0.699. The van der Waals surface area contributed by atoms with Gasteiger partial charge in [0.25, 0.3) is 0 Å². The van der Waals surface area contributed by atoms with Gasteiger partial charge in [-0.25, -0.2) is 0 Å². The summed E-state index contributed by atoms with van der Waals surface area (Å²) in [7, 11) is 0. The van der Waals surface area contributed by atoms with Crippen LogP contribution < -0.4 is 5.32 Å². The zero-order valence-corrected chi connectivity index (χ0v) is 9.53. The SMILES string of the molecule is Clc1ccc(CNCC2CCOC2)s1. The highest BCUT2D eigenvalue weighted by molar-refractivity contribution is 7.16. The van der Waals surface area contributed by atoms with Gasteiger partial charge in [0.15, 0.2) is 0 Å². The highest BCUT2D eigenvalue weighted by atomic mass is 35.5. The van der Waals surface area contributed by atoms with Crippen LogP contribution in [0.1, 0.15) is 11.3 Å². The van der Waals surface area contributed by atoms with Crippen molar-refractivity contribution in [2.45, 2.75) is 13.0 Å². The number of ether oxygens (including phenoxy) is 1. The van der Waals surface area contributed by atoms with Gasteiger partial charge in [-0.1, -0.05) is 11.6 Å². The standard InChI is InChI=1S/C10H14ClNOS/c11-10-2-1-9(14-10)6-12-5-8-3-4-13-7-8/h1-2,8,12H,3-7H2. The van der Waals surface area contributed by atoms with E-state index in [1.54, 1.807) is 11.3 Å². The fourth-order valence-corrected chi connectivity index (χ4v) is 2.65. The second-order valence-corrected chi connectivity index (χ2v) is 5.37. The molecule has 1 saturated heterocycles. The molecule has 1 unspecified atom stereocenters. The van der Waals surface area contributed by atoms with Crippen LogP contribution in [0.15, 0.2) is 12.1 Å². The van der Waals surface area contributed by atoms with Crippen molar-refractivity contribution in [3.05, 3.63) is 21.3 Å². The number of rotatable bonds is 4. The molecule has 14 heavy (non-hydrogen) atoms. The second kappa shape index (κ2) is 5.12. The van der Waals surface area contributed by atoms with E-state index >= 15 is 0 Å². The summed E-state index contributed by atoms with van der Waals surface area (Å²) in [6, 6.07) is 4.02. The smallest absolute Gasteiger partial charge is 0.0931 e. The van der Waals surface area contributed by atoms with Crippen molar-refractivity contribution >= 4 is 22.9 Å². The van der Waals surface area contributed by atoms with Crippen LogP contribution in [-0.4, -0.2) is 19.8 Å². The fraction of sp³-hybridized carbons (Fsp3) is 0.600. The summed E-state index contributed by atoms with van der Waals surface area (Å²) in [6.07, 6.45) is 1.19. The summed E-state index contributed by atoms with van der Waals surface area (Å²) in [6.45, 7) is 3.82. The first-order valence-corrected chi connectivity index (χ1v) is 6.07. The zero-order chi connectivity index (χ0) is 9.80. The van der Waals surface area contributed by atoms with Crippen molar-refractivity contribution in [3.8, 4) is 0 Å². The normalized spacial score (nSPS) is 21.6. The number of nitrogens with one attached hydrogen (secondary N) is 1. The van der Waals surface area contributed by atoms with Crippen LogP contribution in [0.3, 0.4) is 0 Å². The predicted molar refractivity (Wildman–Crippen MR) is 60.0 cm³/mol. The van der Waals surface area contributed by atoms with Gasteiger partial charge in [0.1, 0.15) is 0 Å². The number of halogens is 1. The predicted octanol–water partition coefficient (Wildman–Crippen LogP) is 2.53. The molecular weight excluding hydrogens is 218 g/mol. The van der Waals surface area contributed by atoms with Crippen LogP contribution in [0.25, 0.3) is 0 Å². The molecule has 1 fully saturated rings. The molecule has 1 aromatic heterocycles. The lowest BCUT2D eigenvalue weighted by Crippen LogP contribution is -2.22. The van der Waals surface area contributed by atoms with Gasteiger partial charge in [-0.15, -0.1) is 11.3 Å². The molecule has 2 nitrogen and oxygen atoms in total. The highest BCUT2D eigenvalue weighted by Crippen LogP contribution is 2.21. The number of hydrogen-bond donors (Lipinski definition) is 1. The Morgan fingerprint density at radius 1 is 1.57 bits per heavy atom. The van der Waals surface area contributed by atoms with Gasteiger partial charge < -0.3 is 10.1 Å². The van der Waals surface area contributed by atoms with E-state index < -0.39 is 0 Å². The Bertz CT molecular complexity index is 283. The summed E-state index contributed by atoms with van der Waals surface area (Å²) in [5.74, 6) is 0.699. The van der Waals surface area contributed by atoms with Crippen LogP contribution in [0.2, 0.25) is 4.34 Å². The molecule has 0 amide bonds. The first kappa shape index (κ1) is 10.4. The lowest BCUT2D eigenvalue weighted by atomic mass is 10.1. The van der Waals surface area contributed by atoms with Crippen LogP contribution in [-0.2, 0) is 11.3 Å². The van der Waals surface area contributed by atoms with Crippen molar-refractivity contribution in [1.29, 1.82) is 0 Å². The van der Waals surface area contributed by atoms with E-state index in [0.717, 1.165) is 30.6 Å². The Morgan fingerprint density at radius 3 is 3.14 bits per heavy atom. The molecule has 0 bridgehead atoms. The molecule has 1 aliphatic heterocycles. The topological polar surface area (TPSA) is 21.3 Å². The van der Waals surface area contributed by atoms with Crippen LogP contribution >= 0.6 is 22.9 Å². The van der Waals surface area contributed by atoms with Gasteiger partial charge >= 0.3 is 0 Å². The number of hydrogen-bond acceptors (Lipinski definition) is 3. The minimum atomic E-state index is 0.699. The average Bonchev–Trinajstić information content (AvgIpc) is 2.77. The quantitative estimate of drug-likeness (QED) is 0.860. The van der Waals surface area contributed by atoms with Crippen LogP contribution in [0, 0.1) is 5.92 Å². The van der Waals surface area contributed by atoms with Gasteiger partial charge in [-0.05, 0) is 24.5 Å². The molecule has 0 spiro atoms. The maximum atomic E-state index is 5.84. The Labute approximate surface area is 93.2 Å². The second-order valence-electron chi connectivity index (χ2n) is 3.57. The van der Waals surface area contributed by atoms with Crippen molar-refractivity contribution in [3.63, 3.8) is 0 Å². The van der Waals surface area contributed by atoms with E-state index in [1.807, 2.05) is 6.07 Å². The molecule has 78 valence electrons. The largest absolute Gasteiger partial charge is 0.381 e. The van der Waals surface area contributed by atoms with E-state index in [1.165, 1.54) is 11.3 Å². The van der Waals surface area contributed by atoms with Gasteiger partial charge in [-0.2, -0.15) is 0 Å². The van der Waals surface area contributed by atoms with Gasteiger partial charge in [0, 0.05) is 24.6 Å². The molecule has 0 radical (unpaired) electrons. The van der Waals surface area contributed by atoms with E-state index in [0.29, 0.717) is 5.92 Å².